The van der Waals surface area contributed by atoms with Gasteiger partial charge in [0.15, 0.2) is 0 Å². The number of halogens is 12. The molecule has 15 heteroatoms. The first-order valence-electron chi connectivity index (χ1n) is 4.18. The summed E-state index contributed by atoms with van der Waals surface area (Å²) in [5, 5.41) is -9.77. The molecule has 1 aliphatic rings. The van der Waals surface area contributed by atoms with Crippen LogP contribution < -0.4 is 0 Å². The van der Waals surface area contributed by atoms with Crippen LogP contribution in [0.2, 0.25) is 0 Å². The molecule has 0 N–H and O–H groups in total. The molecule has 1 unspecified atom stereocenters. The Morgan fingerprint density at radius 3 is 1.43 bits per heavy atom. The standard InChI is InChI=1S/C3Cl2F6O.C3H2F4O2/c4-1(6,7)2(5,8)12-3(9,10)11;4-2(5)1-8-3(6,7)9-2/h;1H2. The van der Waals surface area contributed by atoms with E-state index in [-0.39, 0.29) is 0 Å². The third-order valence-corrected chi connectivity index (χ3v) is 1.90. The second-order valence-corrected chi connectivity index (χ2v) is 4.01. The van der Waals surface area contributed by atoms with Crippen molar-refractivity contribution in [3.8, 4) is 0 Å². The zero-order valence-electron chi connectivity index (χ0n) is 8.97. The van der Waals surface area contributed by atoms with Crippen molar-refractivity contribution < 1.29 is 58.1 Å². The highest BCUT2D eigenvalue weighted by Gasteiger charge is 2.60. The molecule has 1 aliphatic heterocycles. The second-order valence-electron chi connectivity index (χ2n) is 3.05. The Morgan fingerprint density at radius 2 is 1.33 bits per heavy atom. The number of hydrogen-bond donors (Lipinski definition) is 0. The highest BCUT2D eigenvalue weighted by atomic mass is 35.5. The van der Waals surface area contributed by atoms with Crippen LogP contribution in [0.1, 0.15) is 0 Å². The summed E-state index contributed by atoms with van der Waals surface area (Å²) in [5.41, 5.74) is 0. The highest BCUT2D eigenvalue weighted by Crippen LogP contribution is 2.44. The Morgan fingerprint density at radius 1 is 0.905 bits per heavy atom. The van der Waals surface area contributed by atoms with Crippen LogP contribution >= 0.6 is 23.2 Å². The van der Waals surface area contributed by atoms with Crippen LogP contribution in [0, 0.1) is 0 Å². The van der Waals surface area contributed by atoms with E-state index in [1.54, 1.807) is 0 Å². The summed E-state index contributed by atoms with van der Waals surface area (Å²) >= 11 is 7.87. The number of alkyl halides is 12. The van der Waals surface area contributed by atoms with Crippen molar-refractivity contribution in [2.24, 2.45) is 0 Å². The van der Waals surface area contributed by atoms with Gasteiger partial charge in [0.2, 0.25) is 0 Å². The smallest absolute Gasteiger partial charge is 0.286 e. The molecule has 1 heterocycles. The normalized spacial score (nSPS) is 24.0. The number of hydrogen-bond acceptors (Lipinski definition) is 3. The molecule has 0 saturated carbocycles. The molecule has 0 amide bonds. The fraction of sp³-hybridized carbons (Fsp3) is 1.00. The minimum absolute atomic E-state index is 1.39. The summed E-state index contributed by atoms with van der Waals surface area (Å²) < 4.78 is 123. The highest BCUT2D eigenvalue weighted by molar-refractivity contribution is 6.31. The van der Waals surface area contributed by atoms with E-state index in [1.165, 1.54) is 0 Å². The molecule has 0 bridgehead atoms. The van der Waals surface area contributed by atoms with Gasteiger partial charge in [0.05, 0.1) is 0 Å². The van der Waals surface area contributed by atoms with E-state index >= 15 is 0 Å². The largest absolute Gasteiger partial charge is 0.526 e. The van der Waals surface area contributed by atoms with Crippen LogP contribution in [0.25, 0.3) is 0 Å². The third-order valence-electron chi connectivity index (χ3n) is 1.25. The molecular formula is C6H2Cl2F10O3. The molecule has 21 heavy (non-hydrogen) atoms. The van der Waals surface area contributed by atoms with Gasteiger partial charge in [-0.1, -0.05) is 0 Å². The quantitative estimate of drug-likeness (QED) is 0.523. The van der Waals surface area contributed by atoms with Gasteiger partial charge in [0.25, 0.3) is 0 Å². The lowest BCUT2D eigenvalue weighted by molar-refractivity contribution is -0.392. The Labute approximate surface area is 118 Å². The van der Waals surface area contributed by atoms with E-state index in [1.807, 2.05) is 0 Å². The van der Waals surface area contributed by atoms with E-state index < -0.39 is 36.1 Å². The topological polar surface area (TPSA) is 27.7 Å². The maximum atomic E-state index is 12.0. The molecule has 128 valence electrons. The number of ether oxygens (including phenoxy) is 3. The Balaban J connectivity index is 0.000000394. The van der Waals surface area contributed by atoms with Crippen LogP contribution in [0.3, 0.4) is 0 Å². The van der Waals surface area contributed by atoms with Crippen molar-refractivity contribution in [2.75, 3.05) is 6.61 Å². The first-order chi connectivity index (χ1) is 8.87. The second kappa shape index (κ2) is 6.10. The lowest BCUT2D eigenvalue weighted by atomic mass is 10.7. The fourth-order valence-corrected chi connectivity index (χ4v) is 0.730. The van der Waals surface area contributed by atoms with Crippen molar-refractivity contribution in [1.29, 1.82) is 0 Å². The first kappa shape index (κ1) is 20.8. The molecule has 1 rings (SSSR count). The minimum atomic E-state index is -5.63. The molecule has 0 aromatic heterocycles. The van der Waals surface area contributed by atoms with E-state index in [4.69, 9.17) is 0 Å². The van der Waals surface area contributed by atoms with Gasteiger partial charge in [-0.3, -0.25) is 4.74 Å². The first-order valence-corrected chi connectivity index (χ1v) is 4.94. The van der Waals surface area contributed by atoms with E-state index in [0.29, 0.717) is 0 Å². The lowest BCUT2D eigenvalue weighted by Crippen LogP contribution is -2.41. The predicted octanol–water partition coefficient (Wildman–Crippen LogP) is 4.39. The van der Waals surface area contributed by atoms with Gasteiger partial charge in [0, 0.05) is 0 Å². The summed E-state index contributed by atoms with van der Waals surface area (Å²) in [6.45, 7) is -1.39. The van der Waals surface area contributed by atoms with Crippen molar-refractivity contribution in [3.05, 3.63) is 0 Å². The molecule has 1 saturated heterocycles. The average Bonchev–Trinajstić information content (AvgIpc) is 2.33. The Kier molecular flexibility index (Phi) is 6.03. The Hall–Kier alpha value is -0.240. The van der Waals surface area contributed by atoms with E-state index in [0.717, 1.165) is 0 Å². The molecule has 3 nitrogen and oxygen atoms in total. The van der Waals surface area contributed by atoms with Gasteiger partial charge in [-0.25, -0.2) is 9.47 Å². The molecule has 0 aromatic rings. The summed E-state index contributed by atoms with van der Waals surface area (Å²) in [6, 6.07) is 0. The molecule has 0 spiro atoms. The molecule has 1 fully saturated rings. The third kappa shape index (κ3) is 8.09. The van der Waals surface area contributed by atoms with Crippen LogP contribution in [0.4, 0.5) is 43.9 Å². The summed E-state index contributed by atoms with van der Waals surface area (Å²) in [7, 11) is 0. The van der Waals surface area contributed by atoms with E-state index in [2.05, 4.69) is 37.4 Å². The Bertz CT molecular complexity index is 338. The molecule has 0 aliphatic carbocycles. The molecular weight excluding hydrogens is 381 g/mol. The van der Waals surface area contributed by atoms with E-state index in [9.17, 15) is 43.9 Å². The summed E-state index contributed by atoms with van der Waals surface area (Å²) in [6.07, 6.45) is -13.6. The van der Waals surface area contributed by atoms with Gasteiger partial charge in [-0.15, -0.1) is 22.0 Å². The van der Waals surface area contributed by atoms with Gasteiger partial charge >= 0.3 is 29.5 Å². The van der Waals surface area contributed by atoms with Crippen LogP contribution in [0.15, 0.2) is 0 Å². The number of rotatable bonds is 2. The molecule has 0 aromatic carbocycles. The minimum Gasteiger partial charge on any atom is -0.286 e. The SMILES string of the molecule is FC(F)(F)OC(F)(Cl)C(F)(F)Cl.FC1(F)COC(F)(F)O1. The fourth-order valence-electron chi connectivity index (χ4n) is 0.604. The monoisotopic (exact) mass is 382 g/mol. The lowest BCUT2D eigenvalue weighted by Gasteiger charge is -2.23. The van der Waals surface area contributed by atoms with Crippen LogP contribution in [-0.4, -0.2) is 36.1 Å². The van der Waals surface area contributed by atoms with Crippen molar-refractivity contribution in [2.45, 2.75) is 29.5 Å². The maximum absolute atomic E-state index is 12.0. The summed E-state index contributed by atoms with van der Waals surface area (Å²) in [4.78, 5) is 0. The zero-order chi connectivity index (χ0) is 17.3. The summed E-state index contributed by atoms with van der Waals surface area (Å²) in [5.74, 6) is 0. The zero-order valence-corrected chi connectivity index (χ0v) is 10.5. The van der Waals surface area contributed by atoms with Crippen molar-refractivity contribution in [3.63, 3.8) is 0 Å². The van der Waals surface area contributed by atoms with Crippen molar-refractivity contribution in [1.82, 2.24) is 0 Å². The van der Waals surface area contributed by atoms with Gasteiger partial charge in [0.1, 0.15) is 6.61 Å². The van der Waals surface area contributed by atoms with Crippen LogP contribution in [0.5, 0.6) is 0 Å². The molecule has 0 radical (unpaired) electrons. The van der Waals surface area contributed by atoms with Gasteiger partial charge < -0.3 is 0 Å². The maximum Gasteiger partial charge on any atom is 0.526 e. The van der Waals surface area contributed by atoms with Crippen molar-refractivity contribution >= 4 is 23.2 Å². The van der Waals surface area contributed by atoms with Gasteiger partial charge in [-0.2, -0.15) is 22.0 Å². The average molecular weight is 383 g/mol. The predicted molar refractivity (Wildman–Crippen MR) is 44.6 cm³/mol. The van der Waals surface area contributed by atoms with Crippen LogP contribution in [-0.2, 0) is 14.2 Å². The molecule has 1 atom stereocenters. The van der Waals surface area contributed by atoms with Gasteiger partial charge in [-0.05, 0) is 23.2 Å².